The molecule has 6 nitrogen and oxygen atoms in total. The predicted octanol–water partition coefficient (Wildman–Crippen LogP) is 4.39. The second kappa shape index (κ2) is 9.78. The lowest BCUT2D eigenvalue weighted by molar-refractivity contribution is -0.123. The maximum absolute atomic E-state index is 13.1. The molecule has 3 aromatic carbocycles. The second-order valence-electron chi connectivity index (χ2n) is 7.02. The molecule has 0 saturated heterocycles. The first-order valence-electron chi connectivity index (χ1n) is 9.91. The number of carbonyl (C=O) groups is 2. The summed E-state index contributed by atoms with van der Waals surface area (Å²) >= 11 is 0. The highest BCUT2D eigenvalue weighted by Gasteiger charge is 2.17. The molecule has 3 aromatic rings. The summed E-state index contributed by atoms with van der Waals surface area (Å²) in [6.07, 6.45) is 0.828. The first kappa shape index (κ1) is 21.2. The summed E-state index contributed by atoms with van der Waals surface area (Å²) in [5, 5.41) is 7.55. The Morgan fingerprint density at radius 2 is 1.63 bits per heavy atom. The summed E-state index contributed by atoms with van der Waals surface area (Å²) in [6, 6.07) is 18.5. The van der Waals surface area contributed by atoms with E-state index in [1.165, 1.54) is 0 Å². The van der Waals surface area contributed by atoms with Crippen LogP contribution in [0, 0.1) is 0 Å². The fourth-order valence-electron chi connectivity index (χ4n) is 3.02. The molecule has 2 amide bonds. The number of anilines is 1. The van der Waals surface area contributed by atoms with E-state index < -0.39 is 0 Å². The Bertz CT molecular complexity index is 1050. The van der Waals surface area contributed by atoms with Crippen LogP contribution >= 0.6 is 0 Å². The quantitative estimate of drug-likeness (QED) is 0.582. The molecule has 0 aliphatic rings. The molecule has 1 unspecified atom stereocenters. The maximum Gasteiger partial charge on any atom is 0.259 e. The van der Waals surface area contributed by atoms with Crippen molar-refractivity contribution in [3.05, 3.63) is 66.2 Å². The van der Waals surface area contributed by atoms with E-state index in [-0.39, 0.29) is 24.5 Å². The van der Waals surface area contributed by atoms with Crippen molar-refractivity contribution in [2.75, 3.05) is 19.0 Å². The standard InChI is InChI=1S/C24H26N2O4/c1-4-16(2)25-23(27)15-30-22-14-18-10-6-5-9-17(18)13-19(22)24(28)26-20-11-7-8-12-21(20)29-3/h5-14,16H,4,15H2,1-3H3,(H,25,27)(H,26,28). The number of carbonyl (C=O) groups excluding carboxylic acids is 2. The zero-order valence-electron chi connectivity index (χ0n) is 17.4. The summed E-state index contributed by atoms with van der Waals surface area (Å²) in [6.45, 7) is 3.76. The van der Waals surface area contributed by atoms with Crippen molar-refractivity contribution in [2.24, 2.45) is 0 Å². The summed E-state index contributed by atoms with van der Waals surface area (Å²) in [5.41, 5.74) is 0.898. The van der Waals surface area contributed by atoms with Crippen molar-refractivity contribution >= 4 is 28.3 Å². The monoisotopic (exact) mass is 406 g/mol. The Hall–Kier alpha value is -3.54. The molecule has 30 heavy (non-hydrogen) atoms. The highest BCUT2D eigenvalue weighted by molar-refractivity contribution is 6.09. The van der Waals surface area contributed by atoms with E-state index in [1.54, 1.807) is 31.4 Å². The molecule has 0 bridgehead atoms. The van der Waals surface area contributed by atoms with Gasteiger partial charge in [-0.15, -0.1) is 0 Å². The summed E-state index contributed by atoms with van der Waals surface area (Å²) in [7, 11) is 1.55. The number of para-hydroxylation sites is 2. The Morgan fingerprint density at radius 3 is 2.33 bits per heavy atom. The highest BCUT2D eigenvalue weighted by atomic mass is 16.5. The number of fused-ring (bicyclic) bond motifs is 1. The molecule has 6 heteroatoms. The van der Waals surface area contributed by atoms with Crippen molar-refractivity contribution in [1.82, 2.24) is 5.32 Å². The second-order valence-corrected chi connectivity index (χ2v) is 7.02. The molecule has 0 radical (unpaired) electrons. The number of hydrogen-bond acceptors (Lipinski definition) is 4. The number of hydrogen-bond donors (Lipinski definition) is 2. The molecule has 156 valence electrons. The molecule has 2 N–H and O–H groups in total. The topological polar surface area (TPSA) is 76.7 Å². The van der Waals surface area contributed by atoms with Gasteiger partial charge in [-0.05, 0) is 48.4 Å². The molecule has 0 aliphatic heterocycles. The first-order chi connectivity index (χ1) is 14.5. The zero-order chi connectivity index (χ0) is 21.5. The smallest absolute Gasteiger partial charge is 0.259 e. The summed E-state index contributed by atoms with van der Waals surface area (Å²) < 4.78 is 11.1. The van der Waals surface area contributed by atoms with Gasteiger partial charge in [-0.2, -0.15) is 0 Å². The van der Waals surface area contributed by atoms with Gasteiger partial charge in [0.2, 0.25) is 0 Å². The Balaban J connectivity index is 1.88. The Morgan fingerprint density at radius 1 is 0.967 bits per heavy atom. The van der Waals surface area contributed by atoms with Crippen LogP contribution in [0.4, 0.5) is 5.69 Å². The fraction of sp³-hybridized carbons (Fsp3) is 0.250. The van der Waals surface area contributed by atoms with Crippen LogP contribution in [0.25, 0.3) is 10.8 Å². The molecule has 3 rings (SSSR count). The average Bonchev–Trinajstić information content (AvgIpc) is 2.77. The van der Waals surface area contributed by atoms with E-state index in [1.807, 2.05) is 50.2 Å². The van der Waals surface area contributed by atoms with Crippen LogP contribution in [-0.2, 0) is 4.79 Å². The molecule has 0 saturated carbocycles. The Kier molecular flexibility index (Phi) is 6.91. The zero-order valence-corrected chi connectivity index (χ0v) is 17.4. The van der Waals surface area contributed by atoms with E-state index >= 15 is 0 Å². The van der Waals surface area contributed by atoms with Gasteiger partial charge >= 0.3 is 0 Å². The first-order valence-corrected chi connectivity index (χ1v) is 9.91. The molecule has 0 heterocycles. The highest BCUT2D eigenvalue weighted by Crippen LogP contribution is 2.29. The molecular weight excluding hydrogens is 380 g/mol. The van der Waals surface area contributed by atoms with Crippen molar-refractivity contribution in [1.29, 1.82) is 0 Å². The maximum atomic E-state index is 13.1. The SMILES string of the molecule is CCC(C)NC(=O)COc1cc2ccccc2cc1C(=O)Nc1ccccc1OC. The van der Waals surface area contributed by atoms with Crippen LogP contribution < -0.4 is 20.1 Å². The van der Waals surface area contributed by atoms with Crippen molar-refractivity contribution in [3.63, 3.8) is 0 Å². The Labute approximate surface area is 176 Å². The van der Waals surface area contributed by atoms with Crippen LogP contribution in [0.3, 0.4) is 0 Å². The van der Waals surface area contributed by atoms with Crippen LogP contribution in [0.1, 0.15) is 30.6 Å². The van der Waals surface area contributed by atoms with Gasteiger partial charge in [-0.3, -0.25) is 9.59 Å². The van der Waals surface area contributed by atoms with Crippen LogP contribution in [0.15, 0.2) is 60.7 Å². The van der Waals surface area contributed by atoms with Gasteiger partial charge in [0.05, 0.1) is 18.4 Å². The van der Waals surface area contributed by atoms with Gasteiger partial charge < -0.3 is 20.1 Å². The van der Waals surface area contributed by atoms with Gasteiger partial charge in [-0.1, -0.05) is 43.3 Å². The normalized spacial score (nSPS) is 11.6. The van der Waals surface area contributed by atoms with E-state index in [9.17, 15) is 9.59 Å². The third-order valence-electron chi connectivity index (χ3n) is 4.83. The molecular formula is C24H26N2O4. The molecule has 0 spiro atoms. The van der Waals surface area contributed by atoms with Crippen molar-refractivity contribution in [3.8, 4) is 11.5 Å². The van der Waals surface area contributed by atoms with E-state index in [4.69, 9.17) is 9.47 Å². The van der Waals surface area contributed by atoms with Crippen LogP contribution in [-0.4, -0.2) is 31.6 Å². The van der Waals surface area contributed by atoms with Crippen molar-refractivity contribution in [2.45, 2.75) is 26.3 Å². The lowest BCUT2D eigenvalue weighted by Gasteiger charge is -2.16. The van der Waals surface area contributed by atoms with Gasteiger partial charge in [0, 0.05) is 6.04 Å². The summed E-state index contributed by atoms with van der Waals surface area (Å²) in [5.74, 6) is 0.332. The minimum atomic E-state index is -0.345. The molecule has 1 atom stereocenters. The number of ether oxygens (including phenoxy) is 2. The van der Waals surface area contributed by atoms with Crippen LogP contribution in [0.5, 0.6) is 11.5 Å². The number of rotatable bonds is 8. The lowest BCUT2D eigenvalue weighted by atomic mass is 10.1. The van der Waals surface area contributed by atoms with Gasteiger partial charge in [0.15, 0.2) is 6.61 Å². The molecule has 0 fully saturated rings. The lowest BCUT2D eigenvalue weighted by Crippen LogP contribution is -2.35. The fourth-order valence-corrected chi connectivity index (χ4v) is 3.02. The number of methoxy groups -OCH3 is 1. The number of amides is 2. The third kappa shape index (κ3) is 5.08. The average molecular weight is 406 g/mol. The van der Waals surface area contributed by atoms with Gasteiger partial charge in [-0.25, -0.2) is 0 Å². The van der Waals surface area contributed by atoms with Crippen molar-refractivity contribution < 1.29 is 19.1 Å². The largest absolute Gasteiger partial charge is 0.495 e. The minimum Gasteiger partial charge on any atom is -0.495 e. The van der Waals surface area contributed by atoms with E-state index in [2.05, 4.69) is 10.6 Å². The third-order valence-corrected chi connectivity index (χ3v) is 4.83. The van der Waals surface area contributed by atoms with Gasteiger partial charge in [0.1, 0.15) is 11.5 Å². The van der Waals surface area contributed by atoms with E-state index in [0.717, 1.165) is 17.2 Å². The molecule has 0 aromatic heterocycles. The summed E-state index contributed by atoms with van der Waals surface area (Å²) in [4.78, 5) is 25.2. The number of benzene rings is 3. The van der Waals surface area contributed by atoms with Crippen LogP contribution in [0.2, 0.25) is 0 Å². The predicted molar refractivity (Wildman–Crippen MR) is 118 cm³/mol. The van der Waals surface area contributed by atoms with Gasteiger partial charge in [0.25, 0.3) is 11.8 Å². The number of nitrogens with one attached hydrogen (secondary N) is 2. The van der Waals surface area contributed by atoms with E-state index in [0.29, 0.717) is 22.7 Å². The minimum absolute atomic E-state index is 0.0611. The molecule has 0 aliphatic carbocycles.